The Hall–Kier alpha value is -3.03. The van der Waals surface area contributed by atoms with Crippen molar-refractivity contribution in [3.8, 4) is 5.75 Å². The van der Waals surface area contributed by atoms with E-state index in [0.717, 1.165) is 24.2 Å². The van der Waals surface area contributed by atoms with Gasteiger partial charge in [0.1, 0.15) is 5.75 Å². The number of alkyl halides is 3. The predicted octanol–water partition coefficient (Wildman–Crippen LogP) is 4.57. The second-order valence-electron chi connectivity index (χ2n) is 6.75. The Morgan fingerprint density at radius 3 is 2.82 bits per heavy atom. The summed E-state index contributed by atoms with van der Waals surface area (Å²) < 4.78 is 43.8. The smallest absolute Gasteiger partial charge is 0.449 e. The molecule has 5 nitrogen and oxygen atoms in total. The van der Waals surface area contributed by atoms with Crippen LogP contribution in [0.15, 0.2) is 42.5 Å². The Morgan fingerprint density at radius 2 is 2.07 bits per heavy atom. The molecule has 0 bridgehead atoms. The van der Waals surface area contributed by atoms with Crippen LogP contribution in [-0.2, 0) is 6.18 Å². The molecule has 4 rings (SSSR count). The first-order chi connectivity index (χ1) is 13.4. The van der Waals surface area contributed by atoms with Crippen molar-refractivity contribution in [3.05, 3.63) is 59.4 Å². The monoisotopic (exact) mass is 389 g/mol. The van der Waals surface area contributed by atoms with Crippen LogP contribution in [0.3, 0.4) is 0 Å². The lowest BCUT2D eigenvalue weighted by Gasteiger charge is -2.25. The van der Waals surface area contributed by atoms with Crippen LogP contribution in [0.4, 0.5) is 13.2 Å². The van der Waals surface area contributed by atoms with E-state index in [1.165, 1.54) is 18.2 Å². The molecule has 0 radical (unpaired) electrons. The topological polar surface area (TPSA) is 58.2 Å². The van der Waals surface area contributed by atoms with E-state index in [1.54, 1.807) is 12.0 Å². The lowest BCUT2D eigenvalue weighted by molar-refractivity contribution is -0.144. The highest BCUT2D eigenvalue weighted by Crippen LogP contribution is 2.35. The summed E-state index contributed by atoms with van der Waals surface area (Å²) in [5.74, 6) is -0.562. The molecular weight excluding hydrogens is 371 g/mol. The van der Waals surface area contributed by atoms with Crippen molar-refractivity contribution in [3.63, 3.8) is 0 Å². The zero-order valence-electron chi connectivity index (χ0n) is 15.1. The summed E-state index contributed by atoms with van der Waals surface area (Å²) >= 11 is 0. The molecule has 1 saturated heterocycles. The van der Waals surface area contributed by atoms with E-state index < -0.39 is 12.0 Å². The summed E-state index contributed by atoms with van der Waals surface area (Å²) in [6, 6.07) is 11.9. The van der Waals surface area contributed by atoms with Gasteiger partial charge in [0.25, 0.3) is 5.91 Å². The first-order valence-corrected chi connectivity index (χ1v) is 8.89. The number of hydrogen-bond donors (Lipinski definition) is 1. The van der Waals surface area contributed by atoms with Gasteiger partial charge in [-0.15, -0.1) is 0 Å². The van der Waals surface area contributed by atoms with Crippen molar-refractivity contribution in [1.29, 1.82) is 0 Å². The fourth-order valence-electron chi connectivity index (χ4n) is 3.65. The van der Waals surface area contributed by atoms with Gasteiger partial charge in [-0.05, 0) is 48.7 Å². The molecule has 2 aromatic carbocycles. The number of imidazole rings is 1. The summed E-state index contributed by atoms with van der Waals surface area (Å²) in [5, 5.41) is 0. The highest BCUT2D eigenvalue weighted by molar-refractivity contribution is 5.97. The molecule has 1 N–H and O–H groups in total. The van der Waals surface area contributed by atoms with Crippen LogP contribution in [0.5, 0.6) is 5.75 Å². The SMILES string of the molecule is COc1cccc([C@@H]2CCCN2C(=O)c2ccc3nc(C(F)(F)F)[nH]c3c2)c1. The minimum Gasteiger partial charge on any atom is -0.497 e. The molecule has 1 aromatic heterocycles. The Kier molecular flexibility index (Phi) is 4.49. The first-order valence-electron chi connectivity index (χ1n) is 8.89. The summed E-state index contributed by atoms with van der Waals surface area (Å²) in [6.45, 7) is 0.593. The van der Waals surface area contributed by atoms with Gasteiger partial charge >= 0.3 is 6.18 Å². The molecule has 1 aliphatic rings. The standard InChI is InChI=1S/C20H18F3N3O2/c1-28-14-5-2-4-12(10-14)17-6-3-9-26(17)18(27)13-7-8-15-16(11-13)25-19(24-15)20(21,22)23/h2,4-5,7-8,10-11,17H,3,6,9H2,1H3,(H,24,25)/t17-/m0/s1. The molecule has 0 saturated carbocycles. The molecular formula is C20H18F3N3O2. The van der Waals surface area contributed by atoms with Gasteiger partial charge in [0, 0.05) is 12.1 Å². The number of nitrogens with zero attached hydrogens (tertiary/aromatic N) is 2. The van der Waals surface area contributed by atoms with Gasteiger partial charge in [0.2, 0.25) is 5.82 Å². The van der Waals surface area contributed by atoms with Gasteiger partial charge in [-0.25, -0.2) is 4.98 Å². The number of carbonyl (C=O) groups is 1. The molecule has 1 fully saturated rings. The number of likely N-dealkylation sites (tertiary alicyclic amines) is 1. The predicted molar refractivity (Wildman–Crippen MR) is 97.1 cm³/mol. The molecule has 0 unspecified atom stereocenters. The Balaban J connectivity index is 1.64. The third-order valence-electron chi connectivity index (χ3n) is 4.99. The van der Waals surface area contributed by atoms with E-state index in [2.05, 4.69) is 9.97 Å². The number of hydrogen-bond acceptors (Lipinski definition) is 3. The third kappa shape index (κ3) is 3.30. The van der Waals surface area contributed by atoms with Crippen molar-refractivity contribution < 1.29 is 22.7 Å². The summed E-state index contributed by atoms with van der Waals surface area (Å²) in [6.07, 6.45) is -2.88. The molecule has 8 heteroatoms. The molecule has 28 heavy (non-hydrogen) atoms. The Labute approximate surface area is 159 Å². The lowest BCUT2D eigenvalue weighted by Crippen LogP contribution is -2.30. The van der Waals surface area contributed by atoms with Crippen molar-refractivity contribution in [2.45, 2.75) is 25.1 Å². The minimum atomic E-state index is -4.56. The van der Waals surface area contributed by atoms with Gasteiger partial charge in [0.15, 0.2) is 0 Å². The molecule has 0 spiro atoms. The van der Waals surface area contributed by atoms with Crippen molar-refractivity contribution >= 4 is 16.9 Å². The molecule has 1 amide bonds. The van der Waals surface area contributed by atoms with Gasteiger partial charge in [0.05, 0.1) is 24.2 Å². The average molecular weight is 389 g/mol. The highest BCUT2D eigenvalue weighted by atomic mass is 19.4. The first kappa shape index (κ1) is 18.3. The molecule has 1 aliphatic heterocycles. The molecule has 3 aromatic rings. The van der Waals surface area contributed by atoms with Crippen LogP contribution in [0.1, 0.15) is 40.6 Å². The van der Waals surface area contributed by atoms with Crippen LogP contribution in [0, 0.1) is 0 Å². The number of H-pyrrole nitrogens is 1. The Morgan fingerprint density at radius 1 is 1.25 bits per heavy atom. The van der Waals surface area contributed by atoms with E-state index in [1.807, 2.05) is 24.3 Å². The minimum absolute atomic E-state index is 0.0919. The summed E-state index contributed by atoms with van der Waals surface area (Å²) in [5.41, 5.74) is 1.68. The zero-order chi connectivity index (χ0) is 19.9. The maximum absolute atomic E-state index is 13.1. The van der Waals surface area contributed by atoms with Gasteiger partial charge in [-0.3, -0.25) is 4.79 Å². The number of aromatic amines is 1. The maximum Gasteiger partial charge on any atom is 0.449 e. The molecule has 2 heterocycles. The maximum atomic E-state index is 13.1. The van der Waals surface area contributed by atoms with Crippen molar-refractivity contribution in [1.82, 2.24) is 14.9 Å². The van der Waals surface area contributed by atoms with Crippen LogP contribution >= 0.6 is 0 Å². The number of ether oxygens (including phenoxy) is 1. The molecule has 0 aliphatic carbocycles. The second-order valence-corrected chi connectivity index (χ2v) is 6.75. The van der Waals surface area contributed by atoms with E-state index >= 15 is 0 Å². The quantitative estimate of drug-likeness (QED) is 0.714. The lowest BCUT2D eigenvalue weighted by atomic mass is 10.0. The van der Waals surface area contributed by atoms with Crippen molar-refractivity contribution in [2.75, 3.05) is 13.7 Å². The van der Waals surface area contributed by atoms with Gasteiger partial charge in [-0.2, -0.15) is 13.2 Å². The number of fused-ring (bicyclic) bond motifs is 1. The van der Waals surface area contributed by atoms with E-state index in [-0.39, 0.29) is 23.0 Å². The second kappa shape index (κ2) is 6.85. The van der Waals surface area contributed by atoms with E-state index in [4.69, 9.17) is 4.74 Å². The fourth-order valence-corrected chi connectivity index (χ4v) is 3.65. The average Bonchev–Trinajstić information content (AvgIpc) is 3.33. The van der Waals surface area contributed by atoms with Crippen LogP contribution < -0.4 is 4.74 Å². The van der Waals surface area contributed by atoms with Gasteiger partial charge in [-0.1, -0.05) is 12.1 Å². The summed E-state index contributed by atoms with van der Waals surface area (Å²) in [7, 11) is 1.59. The number of carbonyl (C=O) groups excluding carboxylic acids is 1. The fraction of sp³-hybridized carbons (Fsp3) is 0.300. The number of aromatic nitrogens is 2. The van der Waals surface area contributed by atoms with Gasteiger partial charge < -0.3 is 14.6 Å². The molecule has 1 atom stereocenters. The van der Waals surface area contributed by atoms with E-state index in [9.17, 15) is 18.0 Å². The number of methoxy groups -OCH3 is 1. The zero-order valence-corrected chi connectivity index (χ0v) is 15.1. The number of amides is 1. The third-order valence-corrected chi connectivity index (χ3v) is 4.99. The normalized spacial score (nSPS) is 17.3. The highest BCUT2D eigenvalue weighted by Gasteiger charge is 2.35. The van der Waals surface area contributed by atoms with Crippen LogP contribution in [0.2, 0.25) is 0 Å². The largest absolute Gasteiger partial charge is 0.497 e. The van der Waals surface area contributed by atoms with E-state index in [0.29, 0.717) is 12.1 Å². The van der Waals surface area contributed by atoms with Crippen LogP contribution in [-0.4, -0.2) is 34.4 Å². The number of benzene rings is 2. The molecule has 146 valence electrons. The van der Waals surface area contributed by atoms with Crippen LogP contribution in [0.25, 0.3) is 11.0 Å². The number of rotatable bonds is 3. The Bertz CT molecular complexity index is 1030. The number of nitrogens with one attached hydrogen (secondary N) is 1. The number of halogens is 3. The van der Waals surface area contributed by atoms with Crippen molar-refractivity contribution in [2.24, 2.45) is 0 Å². The summed E-state index contributed by atoms with van der Waals surface area (Å²) in [4.78, 5) is 20.6.